The molecule has 5 heteroatoms. The predicted octanol–water partition coefficient (Wildman–Crippen LogP) is 5.35. The van der Waals surface area contributed by atoms with Gasteiger partial charge >= 0.3 is 0 Å². The molecule has 0 atom stereocenters. The minimum atomic E-state index is -0.157. The van der Waals surface area contributed by atoms with Crippen molar-refractivity contribution in [3.63, 3.8) is 0 Å². The number of hydrogen-bond acceptors (Lipinski definition) is 4. The van der Waals surface area contributed by atoms with Crippen molar-refractivity contribution in [3.8, 4) is 10.4 Å². The van der Waals surface area contributed by atoms with E-state index in [1.54, 1.807) is 18.5 Å². The van der Waals surface area contributed by atoms with E-state index in [0.29, 0.717) is 28.5 Å². The topological polar surface area (TPSA) is 59.1 Å². The third-order valence-corrected chi connectivity index (χ3v) is 5.91. The lowest BCUT2D eigenvalue weighted by molar-refractivity contribution is 0.0974. The maximum atomic E-state index is 12.7. The van der Waals surface area contributed by atoms with Gasteiger partial charge in [-0.25, -0.2) is 0 Å². The Morgan fingerprint density at radius 2 is 1.89 bits per heavy atom. The number of aromatic nitrogens is 1. The Labute approximate surface area is 162 Å². The summed E-state index contributed by atoms with van der Waals surface area (Å²) in [7, 11) is 0. The molecule has 1 aromatic carbocycles. The van der Waals surface area contributed by atoms with E-state index in [-0.39, 0.29) is 11.7 Å². The molecule has 1 amide bonds. The maximum Gasteiger partial charge on any atom is 0.265 e. The van der Waals surface area contributed by atoms with Crippen LogP contribution in [0.4, 0.5) is 5.69 Å². The van der Waals surface area contributed by atoms with Gasteiger partial charge in [-0.2, -0.15) is 0 Å². The Morgan fingerprint density at radius 1 is 1.11 bits per heavy atom. The summed E-state index contributed by atoms with van der Waals surface area (Å²) in [4.78, 5) is 30.7. The number of anilines is 1. The summed E-state index contributed by atoms with van der Waals surface area (Å²) in [6, 6.07) is 13.2. The first kappa shape index (κ1) is 17.6. The molecular formula is C22H20N2O2S. The lowest BCUT2D eigenvalue weighted by atomic mass is 10.0. The van der Waals surface area contributed by atoms with Crippen LogP contribution in [0.25, 0.3) is 10.4 Å². The van der Waals surface area contributed by atoms with Crippen LogP contribution in [0.5, 0.6) is 0 Å². The highest BCUT2D eigenvalue weighted by molar-refractivity contribution is 7.17. The number of hydrogen-bond donors (Lipinski definition) is 1. The molecule has 0 unspecified atom stereocenters. The quantitative estimate of drug-likeness (QED) is 0.590. The van der Waals surface area contributed by atoms with E-state index in [0.717, 1.165) is 28.8 Å². The highest BCUT2D eigenvalue weighted by Crippen LogP contribution is 2.34. The summed E-state index contributed by atoms with van der Waals surface area (Å²) in [5.74, 6) is 0.550. The zero-order chi connectivity index (χ0) is 18.8. The summed E-state index contributed by atoms with van der Waals surface area (Å²) in [5.41, 5.74) is 3.35. The van der Waals surface area contributed by atoms with Crippen molar-refractivity contribution in [1.29, 1.82) is 0 Å². The van der Waals surface area contributed by atoms with E-state index < -0.39 is 0 Å². The number of nitrogens with one attached hydrogen (secondary N) is 1. The van der Waals surface area contributed by atoms with Gasteiger partial charge in [-0.1, -0.05) is 12.1 Å². The van der Waals surface area contributed by atoms with Gasteiger partial charge in [0.05, 0.1) is 4.88 Å². The number of benzene rings is 1. The summed E-state index contributed by atoms with van der Waals surface area (Å²) in [6.07, 6.45) is 6.39. The van der Waals surface area contributed by atoms with E-state index in [1.807, 2.05) is 43.3 Å². The minimum absolute atomic E-state index is 0.157. The minimum Gasteiger partial charge on any atom is -0.321 e. The molecule has 1 saturated carbocycles. The fourth-order valence-corrected chi connectivity index (χ4v) is 3.85. The van der Waals surface area contributed by atoms with E-state index >= 15 is 0 Å². The number of aryl methyl sites for hydroxylation is 1. The summed E-state index contributed by atoms with van der Waals surface area (Å²) in [6.45, 7) is 1.93. The zero-order valence-electron chi connectivity index (χ0n) is 15.1. The molecule has 0 radical (unpaired) electrons. The molecule has 1 fully saturated rings. The van der Waals surface area contributed by atoms with E-state index in [2.05, 4.69) is 10.3 Å². The molecule has 136 valence electrons. The van der Waals surface area contributed by atoms with Crippen LogP contribution in [-0.2, 0) is 0 Å². The van der Waals surface area contributed by atoms with Gasteiger partial charge in [0.1, 0.15) is 0 Å². The zero-order valence-corrected chi connectivity index (χ0v) is 15.9. The first-order valence-corrected chi connectivity index (χ1v) is 9.87. The molecule has 2 aromatic heterocycles. The molecule has 2 heterocycles. The van der Waals surface area contributed by atoms with Crippen LogP contribution < -0.4 is 5.32 Å². The summed E-state index contributed by atoms with van der Waals surface area (Å²) < 4.78 is 0. The number of carbonyl (C=O) groups excluding carboxylic acids is 2. The molecule has 0 spiro atoms. The number of thiophene rings is 1. The number of pyridine rings is 1. The Balaban J connectivity index is 1.51. The molecule has 1 N–H and O–H groups in total. The van der Waals surface area contributed by atoms with Crippen molar-refractivity contribution in [3.05, 3.63) is 70.9 Å². The Kier molecular flexibility index (Phi) is 4.86. The number of amides is 1. The first-order valence-electron chi connectivity index (χ1n) is 9.05. The standard InChI is InChI=1S/C22H20N2O2S/c1-14-2-5-17(19(25)12-15-3-4-15)13-18(14)24-22(26)21-7-6-20(27-21)16-8-10-23-11-9-16/h2,5-11,13,15H,3-4,12H2,1H3,(H,24,26). The lowest BCUT2D eigenvalue weighted by Gasteiger charge is -2.10. The molecule has 4 rings (SSSR count). The second-order valence-corrected chi connectivity index (χ2v) is 8.04. The van der Waals surface area contributed by atoms with Crippen LogP contribution >= 0.6 is 11.3 Å². The van der Waals surface area contributed by atoms with Crippen molar-refractivity contribution in [2.45, 2.75) is 26.2 Å². The second kappa shape index (κ2) is 7.45. The van der Waals surface area contributed by atoms with Crippen molar-refractivity contribution >= 4 is 28.7 Å². The van der Waals surface area contributed by atoms with Gasteiger partial charge in [-0.15, -0.1) is 11.3 Å². The summed E-state index contributed by atoms with van der Waals surface area (Å²) >= 11 is 1.44. The number of nitrogens with zero attached hydrogens (tertiary/aromatic N) is 1. The first-order chi connectivity index (χ1) is 13.1. The third-order valence-electron chi connectivity index (χ3n) is 4.77. The molecule has 0 aliphatic heterocycles. The molecule has 0 saturated heterocycles. The smallest absolute Gasteiger partial charge is 0.265 e. The fourth-order valence-electron chi connectivity index (χ4n) is 2.95. The Hall–Kier alpha value is -2.79. The molecule has 1 aliphatic carbocycles. The number of rotatable bonds is 6. The number of carbonyl (C=O) groups is 2. The maximum absolute atomic E-state index is 12.7. The van der Waals surface area contributed by atoms with E-state index in [4.69, 9.17) is 0 Å². The van der Waals surface area contributed by atoms with Gasteiger partial charge in [0.2, 0.25) is 0 Å². The van der Waals surface area contributed by atoms with Crippen LogP contribution in [0.2, 0.25) is 0 Å². The molecule has 27 heavy (non-hydrogen) atoms. The van der Waals surface area contributed by atoms with Gasteiger partial charge in [-0.05, 0) is 67.1 Å². The van der Waals surface area contributed by atoms with Crippen molar-refractivity contribution < 1.29 is 9.59 Å². The molecule has 3 aromatic rings. The van der Waals surface area contributed by atoms with Gasteiger partial charge in [0, 0.05) is 34.9 Å². The van der Waals surface area contributed by atoms with Gasteiger partial charge in [0.25, 0.3) is 5.91 Å². The largest absolute Gasteiger partial charge is 0.321 e. The van der Waals surface area contributed by atoms with E-state index in [9.17, 15) is 9.59 Å². The highest BCUT2D eigenvalue weighted by atomic mass is 32.1. The second-order valence-electron chi connectivity index (χ2n) is 6.95. The normalized spacial score (nSPS) is 13.4. The van der Waals surface area contributed by atoms with Crippen LogP contribution in [0.1, 0.15) is 44.9 Å². The van der Waals surface area contributed by atoms with Crippen LogP contribution in [0, 0.1) is 12.8 Å². The fraction of sp³-hybridized carbons (Fsp3) is 0.227. The Bertz CT molecular complexity index is 991. The summed E-state index contributed by atoms with van der Waals surface area (Å²) in [5, 5.41) is 2.96. The average molecular weight is 376 g/mol. The number of ketones is 1. The monoisotopic (exact) mass is 376 g/mol. The molecule has 4 nitrogen and oxygen atoms in total. The number of Topliss-reactive ketones (excluding diaryl/α,β-unsaturated/α-hetero) is 1. The van der Waals surface area contributed by atoms with Crippen molar-refractivity contribution in [1.82, 2.24) is 4.98 Å². The van der Waals surface area contributed by atoms with Crippen LogP contribution in [0.15, 0.2) is 54.9 Å². The lowest BCUT2D eigenvalue weighted by Crippen LogP contribution is -2.12. The highest BCUT2D eigenvalue weighted by Gasteiger charge is 2.25. The SMILES string of the molecule is Cc1ccc(C(=O)CC2CC2)cc1NC(=O)c1ccc(-c2ccncc2)s1. The van der Waals surface area contributed by atoms with Gasteiger partial charge in [-0.3, -0.25) is 14.6 Å². The molecule has 0 bridgehead atoms. The third kappa shape index (κ3) is 4.14. The van der Waals surface area contributed by atoms with Crippen LogP contribution in [0.3, 0.4) is 0 Å². The van der Waals surface area contributed by atoms with Crippen molar-refractivity contribution in [2.24, 2.45) is 5.92 Å². The van der Waals surface area contributed by atoms with Gasteiger partial charge in [0.15, 0.2) is 5.78 Å². The average Bonchev–Trinajstić information content (AvgIpc) is 3.35. The van der Waals surface area contributed by atoms with Gasteiger partial charge < -0.3 is 5.32 Å². The molecule has 1 aliphatic rings. The van der Waals surface area contributed by atoms with E-state index in [1.165, 1.54) is 11.3 Å². The van der Waals surface area contributed by atoms with Crippen LogP contribution in [-0.4, -0.2) is 16.7 Å². The molecular weight excluding hydrogens is 356 g/mol. The predicted molar refractivity (Wildman–Crippen MR) is 108 cm³/mol. The Morgan fingerprint density at radius 3 is 2.63 bits per heavy atom. The van der Waals surface area contributed by atoms with Crippen molar-refractivity contribution in [2.75, 3.05) is 5.32 Å².